The first-order chi connectivity index (χ1) is 12.6. The highest BCUT2D eigenvalue weighted by molar-refractivity contribution is 9.10. The Morgan fingerprint density at radius 3 is 2.41 bits per heavy atom. The lowest BCUT2D eigenvalue weighted by molar-refractivity contribution is 0.0824. The highest BCUT2D eigenvalue weighted by Gasteiger charge is 2.30. The van der Waals surface area contributed by atoms with E-state index >= 15 is 0 Å². The van der Waals surface area contributed by atoms with Gasteiger partial charge < -0.3 is 15.3 Å². The number of carboxylic acid groups (broad SMARTS) is 1. The van der Waals surface area contributed by atoms with Gasteiger partial charge in [0.15, 0.2) is 0 Å². The van der Waals surface area contributed by atoms with Crippen LogP contribution in [0.15, 0.2) is 40.9 Å². The molecule has 0 spiro atoms. The first-order valence-electron chi connectivity index (χ1n) is 8.38. The van der Waals surface area contributed by atoms with Gasteiger partial charge in [-0.05, 0) is 54.8 Å². The third kappa shape index (κ3) is 6.23. The van der Waals surface area contributed by atoms with E-state index in [0.29, 0.717) is 20.1 Å². The second-order valence-corrected chi connectivity index (χ2v) is 9.67. The van der Waals surface area contributed by atoms with Gasteiger partial charge in [0.05, 0.1) is 10.9 Å². The van der Waals surface area contributed by atoms with E-state index in [1.165, 1.54) is 16.2 Å². The maximum Gasteiger partial charge on any atom is 0.407 e. The average molecular weight is 474 g/mol. The average Bonchev–Trinajstić information content (AvgIpc) is 2.91. The Balaban J connectivity index is 2.23. The molecule has 2 aromatic rings. The molecule has 0 fully saturated rings. The molecule has 0 bridgehead atoms. The summed E-state index contributed by atoms with van der Waals surface area (Å²) in [6, 6.07) is 11.0. The van der Waals surface area contributed by atoms with Gasteiger partial charge in [0.25, 0.3) is 5.91 Å². The van der Waals surface area contributed by atoms with Gasteiger partial charge in [0, 0.05) is 16.6 Å². The van der Waals surface area contributed by atoms with Crippen LogP contribution in [0, 0.1) is 0 Å². The lowest BCUT2D eigenvalue weighted by atomic mass is 10.0. The number of benzene rings is 1. The molecule has 27 heavy (non-hydrogen) atoms. The smallest absolute Gasteiger partial charge is 0.407 e. The molecule has 0 unspecified atom stereocenters. The summed E-state index contributed by atoms with van der Waals surface area (Å²) in [5, 5.41) is 12.6. The number of carbonyl (C=O) groups is 2. The second-order valence-electron chi connectivity index (χ2n) is 7.16. The number of carbonyl (C=O) groups excluding carboxylic acids is 1. The molecule has 0 saturated heterocycles. The van der Waals surface area contributed by atoms with Crippen molar-refractivity contribution in [2.24, 2.45) is 0 Å². The topological polar surface area (TPSA) is 69.6 Å². The van der Waals surface area contributed by atoms with Crippen molar-refractivity contribution in [1.29, 1.82) is 0 Å². The van der Waals surface area contributed by atoms with E-state index in [0.717, 1.165) is 5.56 Å². The molecule has 8 heteroatoms. The molecule has 1 aromatic heterocycles. The zero-order valence-electron chi connectivity index (χ0n) is 15.3. The van der Waals surface area contributed by atoms with Gasteiger partial charge in [-0.1, -0.05) is 41.9 Å². The highest BCUT2D eigenvalue weighted by atomic mass is 79.9. The molecule has 0 aliphatic carbocycles. The number of hydrogen-bond donors (Lipinski definition) is 2. The summed E-state index contributed by atoms with van der Waals surface area (Å²) in [6.07, 6.45) is -0.496. The lowest BCUT2D eigenvalue weighted by Crippen LogP contribution is -2.53. The fraction of sp³-hybridized carbons (Fsp3) is 0.368. The predicted octanol–water partition coefficient (Wildman–Crippen LogP) is 5.28. The summed E-state index contributed by atoms with van der Waals surface area (Å²) >= 11 is 10.5. The van der Waals surface area contributed by atoms with E-state index in [1.54, 1.807) is 6.07 Å². The minimum absolute atomic E-state index is 0.180. The summed E-state index contributed by atoms with van der Waals surface area (Å²) in [7, 11) is 0. The van der Waals surface area contributed by atoms with Gasteiger partial charge in [-0.3, -0.25) is 4.79 Å². The van der Waals surface area contributed by atoms with Crippen molar-refractivity contribution in [2.45, 2.75) is 38.8 Å². The largest absolute Gasteiger partial charge is 0.465 e. The summed E-state index contributed by atoms with van der Waals surface area (Å²) < 4.78 is 1.17. The predicted molar refractivity (Wildman–Crippen MR) is 113 cm³/mol. The van der Waals surface area contributed by atoms with Crippen LogP contribution in [0.5, 0.6) is 0 Å². The number of rotatable bonds is 6. The highest BCUT2D eigenvalue weighted by Crippen LogP contribution is 2.32. The molecule has 0 aliphatic heterocycles. The molecule has 146 valence electrons. The number of halogens is 2. The third-order valence-electron chi connectivity index (χ3n) is 3.97. The number of thiophene rings is 1. The van der Waals surface area contributed by atoms with Crippen LogP contribution in [0.3, 0.4) is 0 Å². The SMILES string of the molecule is CC(C)(C)N(C[C@@H](Cc1ccccc1)NC(=O)c1cc(Br)c(Cl)s1)C(=O)O. The van der Waals surface area contributed by atoms with E-state index in [9.17, 15) is 14.7 Å². The van der Waals surface area contributed by atoms with Crippen LogP contribution < -0.4 is 5.32 Å². The standard InChI is InChI=1S/C19H22BrClN2O3S/c1-19(2,3)23(18(25)26)11-13(9-12-7-5-4-6-8-12)22-17(24)15-10-14(20)16(21)27-15/h4-8,10,13H,9,11H2,1-3H3,(H,22,24)(H,25,26)/t13-/m1/s1. The van der Waals surface area contributed by atoms with Crippen LogP contribution in [-0.2, 0) is 6.42 Å². The van der Waals surface area contributed by atoms with Gasteiger partial charge in [0.2, 0.25) is 0 Å². The van der Waals surface area contributed by atoms with Crippen molar-refractivity contribution in [2.75, 3.05) is 6.54 Å². The molecule has 1 heterocycles. The number of hydrogen-bond acceptors (Lipinski definition) is 3. The van der Waals surface area contributed by atoms with Gasteiger partial charge in [-0.25, -0.2) is 4.79 Å². The van der Waals surface area contributed by atoms with Crippen molar-refractivity contribution in [3.8, 4) is 0 Å². The first kappa shape index (κ1) is 21.7. The molecule has 0 saturated carbocycles. The molecule has 1 aromatic carbocycles. The summed E-state index contributed by atoms with van der Waals surface area (Å²) in [4.78, 5) is 26.2. The molecular formula is C19H22BrClN2O3S. The van der Waals surface area contributed by atoms with Crippen LogP contribution in [0.4, 0.5) is 4.79 Å². The minimum atomic E-state index is -1.02. The first-order valence-corrected chi connectivity index (χ1v) is 10.4. The Bertz CT molecular complexity index is 786. The Labute approximate surface area is 176 Å². The van der Waals surface area contributed by atoms with Gasteiger partial charge >= 0.3 is 6.09 Å². The van der Waals surface area contributed by atoms with Crippen LogP contribution in [0.25, 0.3) is 0 Å². The normalized spacial score (nSPS) is 12.5. The monoisotopic (exact) mass is 472 g/mol. The maximum atomic E-state index is 12.7. The van der Waals surface area contributed by atoms with Crippen LogP contribution in [0.1, 0.15) is 36.0 Å². The second kappa shape index (κ2) is 9.08. The van der Waals surface area contributed by atoms with Crippen molar-refractivity contribution in [3.63, 3.8) is 0 Å². The van der Waals surface area contributed by atoms with Crippen LogP contribution in [-0.4, -0.2) is 40.1 Å². The molecule has 1 atom stereocenters. The van der Waals surface area contributed by atoms with Crippen molar-refractivity contribution in [1.82, 2.24) is 10.2 Å². The van der Waals surface area contributed by atoms with Crippen molar-refractivity contribution >= 4 is 50.9 Å². The molecule has 0 radical (unpaired) electrons. The molecule has 5 nitrogen and oxygen atoms in total. The van der Waals surface area contributed by atoms with Gasteiger partial charge in [0.1, 0.15) is 4.34 Å². The zero-order valence-corrected chi connectivity index (χ0v) is 18.5. The van der Waals surface area contributed by atoms with Crippen LogP contribution >= 0.6 is 38.9 Å². The van der Waals surface area contributed by atoms with Gasteiger partial charge in [-0.2, -0.15) is 0 Å². The number of amides is 2. The van der Waals surface area contributed by atoms with E-state index in [1.807, 2.05) is 51.1 Å². The van der Waals surface area contributed by atoms with E-state index < -0.39 is 11.6 Å². The minimum Gasteiger partial charge on any atom is -0.465 e. The maximum absolute atomic E-state index is 12.7. The molecule has 2 amide bonds. The van der Waals surface area contributed by atoms with Gasteiger partial charge in [-0.15, -0.1) is 11.3 Å². The number of nitrogens with one attached hydrogen (secondary N) is 1. The Morgan fingerprint density at radius 1 is 1.30 bits per heavy atom. The number of nitrogens with zero attached hydrogens (tertiary/aromatic N) is 1. The van der Waals surface area contributed by atoms with E-state index in [2.05, 4.69) is 21.2 Å². The molecule has 2 N–H and O–H groups in total. The molecular weight excluding hydrogens is 452 g/mol. The molecule has 0 aliphatic rings. The Hall–Kier alpha value is -1.57. The summed E-state index contributed by atoms with van der Waals surface area (Å²) in [5.74, 6) is -0.271. The lowest BCUT2D eigenvalue weighted by Gasteiger charge is -2.36. The fourth-order valence-corrected chi connectivity index (χ4v) is 4.24. The van der Waals surface area contributed by atoms with E-state index in [-0.39, 0.29) is 18.5 Å². The zero-order chi connectivity index (χ0) is 20.2. The Kier molecular flexibility index (Phi) is 7.31. The summed E-state index contributed by atoms with van der Waals surface area (Å²) in [6.45, 7) is 5.68. The molecule has 2 rings (SSSR count). The van der Waals surface area contributed by atoms with Crippen LogP contribution in [0.2, 0.25) is 4.34 Å². The van der Waals surface area contributed by atoms with E-state index in [4.69, 9.17) is 11.6 Å². The fourth-order valence-electron chi connectivity index (χ4n) is 2.63. The van der Waals surface area contributed by atoms with Crippen molar-refractivity contribution < 1.29 is 14.7 Å². The van der Waals surface area contributed by atoms with Crippen molar-refractivity contribution in [3.05, 3.63) is 55.6 Å². The Morgan fingerprint density at radius 2 is 1.93 bits per heavy atom. The quantitative estimate of drug-likeness (QED) is 0.599. The summed E-state index contributed by atoms with van der Waals surface area (Å²) in [5.41, 5.74) is 0.438. The third-order valence-corrected chi connectivity index (χ3v) is 6.45.